The second kappa shape index (κ2) is 9.62. The van der Waals surface area contributed by atoms with Crippen molar-refractivity contribution in [3.63, 3.8) is 0 Å². The summed E-state index contributed by atoms with van der Waals surface area (Å²) < 4.78 is 5.01. The van der Waals surface area contributed by atoms with E-state index >= 15 is 0 Å². The van der Waals surface area contributed by atoms with Crippen molar-refractivity contribution in [1.29, 1.82) is 0 Å². The number of hydrogen-bond donors (Lipinski definition) is 1. The summed E-state index contributed by atoms with van der Waals surface area (Å²) >= 11 is 0. The van der Waals surface area contributed by atoms with Crippen LogP contribution in [0.15, 0.2) is 42.9 Å². The molecular weight excluding hydrogens is 304 g/mol. The summed E-state index contributed by atoms with van der Waals surface area (Å²) in [5.41, 5.74) is 1.80. The van der Waals surface area contributed by atoms with Gasteiger partial charge in [-0.05, 0) is 42.7 Å². The minimum Gasteiger partial charge on any atom is -0.385 e. The van der Waals surface area contributed by atoms with Crippen LogP contribution in [0.4, 0.5) is 5.82 Å². The Labute approximate surface area is 142 Å². The number of aromatic nitrogens is 2. The number of carbonyl (C=O) groups excluding carboxylic acids is 1. The molecule has 0 saturated carbocycles. The van der Waals surface area contributed by atoms with Crippen LogP contribution in [0.2, 0.25) is 0 Å². The molecule has 6 nitrogen and oxygen atoms in total. The molecule has 1 amide bonds. The third-order valence-corrected chi connectivity index (χ3v) is 3.67. The minimum absolute atomic E-state index is 0.00797. The topological polar surface area (TPSA) is 67.3 Å². The Bertz CT molecular complexity index is 634. The first-order valence-corrected chi connectivity index (χ1v) is 8.04. The van der Waals surface area contributed by atoms with Crippen LogP contribution in [-0.2, 0) is 11.2 Å². The fourth-order valence-corrected chi connectivity index (χ4v) is 2.26. The predicted octanol–water partition coefficient (Wildman–Crippen LogP) is 2.24. The Hall–Kier alpha value is -2.47. The molecule has 0 radical (unpaired) electrons. The number of nitrogens with zero attached hydrogens (tertiary/aromatic N) is 3. The molecule has 2 rings (SSSR count). The van der Waals surface area contributed by atoms with E-state index in [-0.39, 0.29) is 5.91 Å². The standard InChI is InChI=1S/C18H24N4O2/c1-22(12-7-15-4-9-19-10-5-15)18(23)16-6-11-21-17(14-16)20-8-3-13-24-2/h4-6,9-11,14H,3,7-8,12-13H2,1-2H3,(H,20,21). The fourth-order valence-electron chi connectivity index (χ4n) is 2.26. The van der Waals surface area contributed by atoms with Crippen molar-refractivity contribution in [3.05, 3.63) is 54.0 Å². The normalized spacial score (nSPS) is 10.4. The van der Waals surface area contributed by atoms with E-state index in [1.54, 1.807) is 42.7 Å². The van der Waals surface area contributed by atoms with Crippen molar-refractivity contribution < 1.29 is 9.53 Å². The molecule has 0 bridgehead atoms. The molecule has 6 heteroatoms. The van der Waals surface area contributed by atoms with E-state index in [1.165, 1.54) is 5.56 Å². The van der Waals surface area contributed by atoms with Gasteiger partial charge >= 0.3 is 0 Å². The molecule has 0 aliphatic carbocycles. The summed E-state index contributed by atoms with van der Waals surface area (Å²) in [7, 11) is 3.50. The number of anilines is 1. The van der Waals surface area contributed by atoms with Crippen LogP contribution in [0.1, 0.15) is 22.3 Å². The Morgan fingerprint density at radius 1 is 1.25 bits per heavy atom. The van der Waals surface area contributed by atoms with Gasteiger partial charge in [0.15, 0.2) is 0 Å². The third-order valence-electron chi connectivity index (χ3n) is 3.67. The molecule has 0 aliphatic heterocycles. The molecule has 24 heavy (non-hydrogen) atoms. The second-order valence-electron chi connectivity index (χ2n) is 5.54. The zero-order valence-electron chi connectivity index (χ0n) is 14.2. The van der Waals surface area contributed by atoms with Crippen LogP contribution in [0.25, 0.3) is 0 Å². The lowest BCUT2D eigenvalue weighted by atomic mass is 10.2. The van der Waals surface area contributed by atoms with Gasteiger partial charge in [0.25, 0.3) is 5.91 Å². The molecule has 1 N–H and O–H groups in total. The number of pyridine rings is 2. The molecule has 128 valence electrons. The molecule has 0 saturated heterocycles. The van der Waals surface area contributed by atoms with Crippen LogP contribution in [0.5, 0.6) is 0 Å². The lowest BCUT2D eigenvalue weighted by Gasteiger charge is -2.17. The van der Waals surface area contributed by atoms with E-state index in [0.29, 0.717) is 24.5 Å². The minimum atomic E-state index is -0.00797. The Morgan fingerprint density at radius 3 is 2.79 bits per heavy atom. The average Bonchev–Trinajstić information content (AvgIpc) is 2.64. The average molecular weight is 328 g/mol. The largest absolute Gasteiger partial charge is 0.385 e. The molecule has 0 spiro atoms. The SMILES string of the molecule is COCCCNc1cc(C(=O)N(C)CCc2ccncc2)ccn1. The van der Waals surface area contributed by atoms with Crippen molar-refractivity contribution >= 4 is 11.7 Å². The lowest BCUT2D eigenvalue weighted by molar-refractivity contribution is 0.0796. The zero-order chi connectivity index (χ0) is 17.2. The van der Waals surface area contributed by atoms with Crippen LogP contribution >= 0.6 is 0 Å². The monoisotopic (exact) mass is 328 g/mol. The molecule has 0 unspecified atom stereocenters. The van der Waals surface area contributed by atoms with Crippen molar-refractivity contribution in [1.82, 2.24) is 14.9 Å². The van der Waals surface area contributed by atoms with E-state index in [0.717, 1.165) is 19.4 Å². The van der Waals surface area contributed by atoms with Gasteiger partial charge in [0.1, 0.15) is 5.82 Å². The summed E-state index contributed by atoms with van der Waals surface area (Å²) in [4.78, 5) is 22.5. The first-order valence-electron chi connectivity index (χ1n) is 8.04. The molecular formula is C18H24N4O2. The molecule has 0 atom stereocenters. The van der Waals surface area contributed by atoms with Crippen molar-refractivity contribution in [2.75, 3.05) is 39.2 Å². The van der Waals surface area contributed by atoms with E-state index in [9.17, 15) is 4.79 Å². The van der Waals surface area contributed by atoms with E-state index in [1.807, 2.05) is 19.2 Å². The van der Waals surface area contributed by atoms with Gasteiger partial charge in [0, 0.05) is 58.0 Å². The third kappa shape index (κ3) is 5.62. The molecule has 2 heterocycles. The molecule has 0 fully saturated rings. The maximum absolute atomic E-state index is 12.5. The molecule has 2 aromatic heterocycles. The van der Waals surface area contributed by atoms with Gasteiger partial charge in [-0.3, -0.25) is 9.78 Å². The number of likely N-dealkylation sites (N-methyl/N-ethyl adjacent to an activating group) is 1. The Kier molecular flexibility index (Phi) is 7.17. The number of carbonyl (C=O) groups is 1. The smallest absolute Gasteiger partial charge is 0.253 e. The summed E-state index contributed by atoms with van der Waals surface area (Å²) in [6.45, 7) is 2.11. The predicted molar refractivity (Wildman–Crippen MR) is 94.1 cm³/mol. The van der Waals surface area contributed by atoms with Crippen molar-refractivity contribution in [2.24, 2.45) is 0 Å². The highest BCUT2D eigenvalue weighted by Crippen LogP contribution is 2.10. The van der Waals surface area contributed by atoms with Gasteiger partial charge in [0.2, 0.25) is 0 Å². The first kappa shape index (κ1) is 17.9. The second-order valence-corrected chi connectivity index (χ2v) is 5.54. The highest BCUT2D eigenvalue weighted by molar-refractivity contribution is 5.94. The number of hydrogen-bond acceptors (Lipinski definition) is 5. The molecule has 0 aromatic carbocycles. The maximum Gasteiger partial charge on any atom is 0.253 e. The lowest BCUT2D eigenvalue weighted by Crippen LogP contribution is -2.29. The van der Waals surface area contributed by atoms with Gasteiger partial charge in [-0.2, -0.15) is 0 Å². The van der Waals surface area contributed by atoms with Gasteiger partial charge in [0.05, 0.1) is 0 Å². The summed E-state index contributed by atoms with van der Waals surface area (Å²) in [5.74, 6) is 0.700. The van der Waals surface area contributed by atoms with Gasteiger partial charge in [-0.15, -0.1) is 0 Å². The summed E-state index contributed by atoms with van der Waals surface area (Å²) in [6.07, 6.45) is 6.88. The number of nitrogens with one attached hydrogen (secondary N) is 1. The van der Waals surface area contributed by atoms with Crippen molar-refractivity contribution in [2.45, 2.75) is 12.8 Å². The maximum atomic E-state index is 12.5. The van der Waals surface area contributed by atoms with Crippen LogP contribution in [0.3, 0.4) is 0 Å². The number of rotatable bonds is 9. The molecule has 0 aliphatic rings. The van der Waals surface area contributed by atoms with Crippen LogP contribution in [-0.4, -0.2) is 54.6 Å². The van der Waals surface area contributed by atoms with E-state index < -0.39 is 0 Å². The summed E-state index contributed by atoms with van der Waals surface area (Å²) in [6, 6.07) is 7.46. The van der Waals surface area contributed by atoms with E-state index in [2.05, 4.69) is 15.3 Å². The Morgan fingerprint density at radius 2 is 2.04 bits per heavy atom. The van der Waals surface area contributed by atoms with Crippen LogP contribution < -0.4 is 5.32 Å². The van der Waals surface area contributed by atoms with Gasteiger partial charge < -0.3 is 15.0 Å². The number of methoxy groups -OCH3 is 1. The fraction of sp³-hybridized carbons (Fsp3) is 0.389. The van der Waals surface area contributed by atoms with Gasteiger partial charge in [-0.25, -0.2) is 4.98 Å². The highest BCUT2D eigenvalue weighted by Gasteiger charge is 2.12. The van der Waals surface area contributed by atoms with Crippen molar-refractivity contribution in [3.8, 4) is 0 Å². The number of amides is 1. The highest BCUT2D eigenvalue weighted by atomic mass is 16.5. The zero-order valence-corrected chi connectivity index (χ0v) is 14.2. The van der Waals surface area contributed by atoms with Gasteiger partial charge in [-0.1, -0.05) is 0 Å². The quantitative estimate of drug-likeness (QED) is 0.715. The number of ether oxygens (including phenoxy) is 1. The Balaban J connectivity index is 1.88. The molecule has 2 aromatic rings. The van der Waals surface area contributed by atoms with Crippen LogP contribution in [0, 0.1) is 0 Å². The van der Waals surface area contributed by atoms with E-state index in [4.69, 9.17) is 4.74 Å². The summed E-state index contributed by atoms with van der Waals surface area (Å²) in [5, 5.41) is 3.20. The first-order chi connectivity index (χ1) is 11.7.